The first kappa shape index (κ1) is 14.7. The predicted octanol–water partition coefficient (Wildman–Crippen LogP) is 2.55. The number of nitrogens with one attached hydrogen (secondary N) is 1. The lowest BCUT2D eigenvalue weighted by Crippen LogP contribution is -2.34. The maximum atomic E-state index is 11.8. The van der Waals surface area contributed by atoms with Gasteiger partial charge in [0.2, 0.25) is 5.91 Å². The molecule has 1 aromatic rings. The van der Waals surface area contributed by atoms with Crippen LogP contribution in [-0.2, 0) is 4.79 Å². The molecule has 0 fully saturated rings. The molecule has 18 heavy (non-hydrogen) atoms. The van der Waals surface area contributed by atoms with E-state index in [1.165, 1.54) is 0 Å². The molecular formula is C15H24N2O. The molecular weight excluding hydrogens is 224 g/mol. The maximum Gasteiger partial charge on any atom is 0.221 e. The fourth-order valence-corrected chi connectivity index (χ4v) is 1.75. The average Bonchev–Trinajstić information content (AvgIpc) is 2.26. The molecule has 0 aliphatic heterocycles. The van der Waals surface area contributed by atoms with Crippen LogP contribution in [0.25, 0.3) is 0 Å². The molecule has 0 saturated carbocycles. The molecule has 100 valence electrons. The fraction of sp³-hybridized carbons (Fsp3) is 0.533. The van der Waals surface area contributed by atoms with Crippen molar-refractivity contribution in [3.8, 4) is 0 Å². The predicted molar refractivity (Wildman–Crippen MR) is 75.2 cm³/mol. The average molecular weight is 248 g/mol. The highest BCUT2D eigenvalue weighted by molar-refractivity contribution is 5.76. The SMILES string of the molecule is Cc1ccccc1[C@@H](N)CC(=O)NCC(C)(C)C. The summed E-state index contributed by atoms with van der Waals surface area (Å²) >= 11 is 0. The van der Waals surface area contributed by atoms with Gasteiger partial charge >= 0.3 is 0 Å². The summed E-state index contributed by atoms with van der Waals surface area (Å²) in [5, 5.41) is 2.92. The number of aryl methyl sites for hydroxylation is 1. The fourth-order valence-electron chi connectivity index (χ4n) is 1.75. The number of hydrogen-bond acceptors (Lipinski definition) is 2. The van der Waals surface area contributed by atoms with Crippen molar-refractivity contribution in [3.05, 3.63) is 35.4 Å². The van der Waals surface area contributed by atoms with E-state index in [0.717, 1.165) is 11.1 Å². The van der Waals surface area contributed by atoms with E-state index in [4.69, 9.17) is 5.73 Å². The first-order chi connectivity index (χ1) is 8.29. The van der Waals surface area contributed by atoms with Crippen LogP contribution in [0.2, 0.25) is 0 Å². The molecule has 0 bridgehead atoms. The molecule has 3 heteroatoms. The molecule has 0 aliphatic rings. The summed E-state index contributed by atoms with van der Waals surface area (Å²) in [5.74, 6) is 0.0145. The Morgan fingerprint density at radius 1 is 1.33 bits per heavy atom. The summed E-state index contributed by atoms with van der Waals surface area (Å²) in [4.78, 5) is 11.8. The highest BCUT2D eigenvalue weighted by Crippen LogP contribution is 2.18. The summed E-state index contributed by atoms with van der Waals surface area (Å²) in [6.45, 7) is 8.96. The van der Waals surface area contributed by atoms with Gasteiger partial charge < -0.3 is 11.1 Å². The number of nitrogens with two attached hydrogens (primary N) is 1. The van der Waals surface area contributed by atoms with E-state index in [1.807, 2.05) is 31.2 Å². The van der Waals surface area contributed by atoms with Crippen molar-refractivity contribution in [3.63, 3.8) is 0 Å². The van der Waals surface area contributed by atoms with Crippen molar-refractivity contribution in [2.45, 2.75) is 40.2 Å². The van der Waals surface area contributed by atoms with Crippen LogP contribution in [0, 0.1) is 12.3 Å². The lowest BCUT2D eigenvalue weighted by Gasteiger charge is -2.20. The van der Waals surface area contributed by atoms with Crippen molar-refractivity contribution in [1.82, 2.24) is 5.32 Å². The van der Waals surface area contributed by atoms with Crippen LogP contribution >= 0.6 is 0 Å². The third-order valence-electron chi connectivity index (χ3n) is 2.81. The van der Waals surface area contributed by atoms with Crippen molar-refractivity contribution in [2.75, 3.05) is 6.54 Å². The molecule has 1 rings (SSSR count). The number of carbonyl (C=O) groups excluding carboxylic acids is 1. The number of hydrogen-bond donors (Lipinski definition) is 2. The number of carbonyl (C=O) groups is 1. The van der Waals surface area contributed by atoms with Crippen LogP contribution in [0.4, 0.5) is 0 Å². The standard InChI is InChI=1S/C15H24N2O/c1-11-7-5-6-8-12(11)13(16)9-14(18)17-10-15(2,3)4/h5-8,13H,9-10,16H2,1-4H3,(H,17,18)/t13-/m0/s1. The monoisotopic (exact) mass is 248 g/mol. The molecule has 3 nitrogen and oxygen atoms in total. The van der Waals surface area contributed by atoms with Gasteiger partial charge in [0.15, 0.2) is 0 Å². The van der Waals surface area contributed by atoms with Gasteiger partial charge in [-0.15, -0.1) is 0 Å². The van der Waals surface area contributed by atoms with Gasteiger partial charge in [0.25, 0.3) is 0 Å². The summed E-state index contributed by atoms with van der Waals surface area (Å²) in [6, 6.07) is 7.70. The molecule has 3 N–H and O–H groups in total. The molecule has 1 aromatic carbocycles. The summed E-state index contributed by atoms with van der Waals surface area (Å²) in [5.41, 5.74) is 8.35. The van der Waals surface area contributed by atoms with Crippen LogP contribution in [0.3, 0.4) is 0 Å². The number of amides is 1. The van der Waals surface area contributed by atoms with Gasteiger partial charge in [-0.1, -0.05) is 45.0 Å². The zero-order chi connectivity index (χ0) is 13.8. The second-order valence-corrected chi connectivity index (χ2v) is 6.00. The van der Waals surface area contributed by atoms with Crippen molar-refractivity contribution < 1.29 is 4.79 Å². The van der Waals surface area contributed by atoms with Gasteiger partial charge in [-0.25, -0.2) is 0 Å². The highest BCUT2D eigenvalue weighted by Gasteiger charge is 2.16. The minimum Gasteiger partial charge on any atom is -0.356 e. The molecule has 1 amide bonds. The smallest absolute Gasteiger partial charge is 0.221 e. The van der Waals surface area contributed by atoms with Crippen molar-refractivity contribution in [1.29, 1.82) is 0 Å². The topological polar surface area (TPSA) is 55.1 Å². The lowest BCUT2D eigenvalue weighted by atomic mass is 9.96. The van der Waals surface area contributed by atoms with E-state index in [2.05, 4.69) is 26.1 Å². The van der Waals surface area contributed by atoms with Crippen molar-refractivity contribution in [2.24, 2.45) is 11.1 Å². The molecule has 0 aliphatic carbocycles. The zero-order valence-corrected chi connectivity index (χ0v) is 11.8. The minimum absolute atomic E-state index is 0.0145. The van der Waals surface area contributed by atoms with E-state index in [-0.39, 0.29) is 17.4 Å². The molecule has 0 aromatic heterocycles. The number of benzene rings is 1. The minimum atomic E-state index is -0.230. The van der Waals surface area contributed by atoms with Crippen LogP contribution in [0.1, 0.15) is 44.4 Å². The summed E-state index contributed by atoms with van der Waals surface area (Å²) < 4.78 is 0. The third-order valence-corrected chi connectivity index (χ3v) is 2.81. The van der Waals surface area contributed by atoms with E-state index >= 15 is 0 Å². The number of rotatable bonds is 4. The molecule has 0 saturated heterocycles. The Kier molecular flexibility index (Phi) is 4.91. The molecule has 0 spiro atoms. The van der Waals surface area contributed by atoms with E-state index in [1.54, 1.807) is 0 Å². The van der Waals surface area contributed by atoms with Crippen molar-refractivity contribution >= 4 is 5.91 Å². The Hall–Kier alpha value is -1.35. The normalized spacial score (nSPS) is 13.2. The Balaban J connectivity index is 2.53. The highest BCUT2D eigenvalue weighted by atomic mass is 16.1. The van der Waals surface area contributed by atoms with E-state index in [0.29, 0.717) is 13.0 Å². The van der Waals surface area contributed by atoms with Gasteiger partial charge in [-0.05, 0) is 23.5 Å². The van der Waals surface area contributed by atoms with Crippen LogP contribution in [-0.4, -0.2) is 12.5 Å². The molecule has 0 heterocycles. The van der Waals surface area contributed by atoms with Gasteiger partial charge in [-0.2, -0.15) is 0 Å². The Labute approximate surface area is 110 Å². The zero-order valence-electron chi connectivity index (χ0n) is 11.8. The largest absolute Gasteiger partial charge is 0.356 e. The van der Waals surface area contributed by atoms with E-state index < -0.39 is 0 Å². The van der Waals surface area contributed by atoms with Gasteiger partial charge in [0.05, 0.1) is 0 Å². The van der Waals surface area contributed by atoms with Crippen LogP contribution < -0.4 is 11.1 Å². The maximum absolute atomic E-state index is 11.8. The van der Waals surface area contributed by atoms with Gasteiger partial charge in [-0.3, -0.25) is 4.79 Å². The second kappa shape index (κ2) is 6.01. The summed E-state index contributed by atoms with van der Waals surface area (Å²) in [6.07, 6.45) is 0.334. The van der Waals surface area contributed by atoms with E-state index in [9.17, 15) is 4.79 Å². The quantitative estimate of drug-likeness (QED) is 0.860. The molecule has 0 unspecified atom stereocenters. The first-order valence-electron chi connectivity index (χ1n) is 6.37. The molecule has 1 atom stereocenters. The molecule has 0 radical (unpaired) electrons. The Bertz CT molecular complexity index is 407. The van der Waals surface area contributed by atoms with Crippen LogP contribution in [0.15, 0.2) is 24.3 Å². The first-order valence-corrected chi connectivity index (χ1v) is 6.37. The van der Waals surface area contributed by atoms with Crippen LogP contribution in [0.5, 0.6) is 0 Å². The Morgan fingerprint density at radius 3 is 2.50 bits per heavy atom. The lowest BCUT2D eigenvalue weighted by molar-refractivity contribution is -0.121. The second-order valence-electron chi connectivity index (χ2n) is 6.00. The third kappa shape index (κ3) is 4.88. The summed E-state index contributed by atoms with van der Waals surface area (Å²) in [7, 11) is 0. The van der Waals surface area contributed by atoms with Gasteiger partial charge in [0, 0.05) is 19.0 Å². The van der Waals surface area contributed by atoms with Gasteiger partial charge in [0.1, 0.15) is 0 Å². The Morgan fingerprint density at radius 2 is 1.94 bits per heavy atom.